The number of nitrogens with one attached hydrogen (secondary N) is 2. The first-order valence-electron chi connectivity index (χ1n) is 3.92. The fourth-order valence-electron chi connectivity index (χ4n) is 0.868. The van der Waals surface area contributed by atoms with Crippen molar-refractivity contribution in [1.82, 2.24) is 5.32 Å². The van der Waals surface area contributed by atoms with Gasteiger partial charge in [-0.05, 0) is 18.2 Å². The van der Waals surface area contributed by atoms with E-state index in [2.05, 4.69) is 10.6 Å². The Hall–Kier alpha value is -1.55. The number of halogens is 1. The summed E-state index contributed by atoms with van der Waals surface area (Å²) in [4.78, 5) is 21.9. The monoisotopic (exact) mass is 212 g/mol. The quantitative estimate of drug-likeness (QED) is 0.683. The summed E-state index contributed by atoms with van der Waals surface area (Å²) in [7, 11) is 1.39. The van der Waals surface area contributed by atoms with E-state index in [9.17, 15) is 9.59 Å². The summed E-state index contributed by atoms with van der Waals surface area (Å²) >= 11 is 5.69. The number of rotatable bonds is 1. The van der Waals surface area contributed by atoms with Gasteiger partial charge in [0.1, 0.15) is 0 Å². The second kappa shape index (κ2) is 4.62. The third-order valence-electron chi connectivity index (χ3n) is 1.52. The van der Waals surface area contributed by atoms with Gasteiger partial charge < -0.3 is 10.6 Å². The first-order chi connectivity index (χ1) is 6.63. The molecule has 0 radical (unpaired) electrons. The van der Waals surface area contributed by atoms with Gasteiger partial charge in [0, 0.05) is 17.8 Å². The molecule has 14 heavy (non-hydrogen) atoms. The van der Waals surface area contributed by atoms with Crippen LogP contribution in [-0.4, -0.2) is 18.9 Å². The van der Waals surface area contributed by atoms with Crippen molar-refractivity contribution in [1.29, 1.82) is 0 Å². The molecule has 0 saturated heterocycles. The molecule has 5 heteroatoms. The van der Waals surface area contributed by atoms with Crippen molar-refractivity contribution in [3.63, 3.8) is 0 Å². The van der Waals surface area contributed by atoms with Gasteiger partial charge in [0.05, 0.1) is 0 Å². The second-order valence-corrected chi connectivity index (χ2v) is 2.98. The molecule has 0 heterocycles. The Labute approximate surface area is 86.3 Å². The zero-order valence-electron chi connectivity index (χ0n) is 7.50. The summed E-state index contributed by atoms with van der Waals surface area (Å²) in [5.74, 6) is -1.40. The van der Waals surface area contributed by atoms with E-state index in [4.69, 9.17) is 11.6 Å². The van der Waals surface area contributed by atoms with Gasteiger partial charge in [0.2, 0.25) is 0 Å². The van der Waals surface area contributed by atoms with E-state index in [-0.39, 0.29) is 0 Å². The lowest BCUT2D eigenvalue weighted by Crippen LogP contribution is -2.32. The van der Waals surface area contributed by atoms with Crippen LogP contribution < -0.4 is 10.6 Å². The minimum absolute atomic E-state index is 0.492. The largest absolute Gasteiger partial charge is 0.351 e. The molecule has 0 aliphatic heterocycles. The van der Waals surface area contributed by atoms with Crippen LogP contribution in [0.4, 0.5) is 5.69 Å². The molecule has 0 atom stereocenters. The highest BCUT2D eigenvalue weighted by Crippen LogP contribution is 2.14. The Kier molecular flexibility index (Phi) is 3.48. The maximum Gasteiger partial charge on any atom is 0.313 e. The van der Waals surface area contributed by atoms with E-state index in [1.807, 2.05) is 0 Å². The first kappa shape index (κ1) is 10.5. The van der Waals surface area contributed by atoms with Gasteiger partial charge >= 0.3 is 11.8 Å². The number of anilines is 1. The maximum absolute atomic E-state index is 11.1. The van der Waals surface area contributed by atoms with E-state index in [1.54, 1.807) is 24.3 Å². The highest BCUT2D eigenvalue weighted by molar-refractivity contribution is 6.39. The molecule has 0 aromatic heterocycles. The van der Waals surface area contributed by atoms with Crippen molar-refractivity contribution in [3.05, 3.63) is 29.3 Å². The van der Waals surface area contributed by atoms with Crippen molar-refractivity contribution in [2.45, 2.75) is 0 Å². The van der Waals surface area contributed by atoms with Crippen LogP contribution in [0.15, 0.2) is 24.3 Å². The standard InChI is InChI=1S/C9H9ClN2O2/c1-11-8(13)9(14)12-7-4-2-3-6(10)5-7/h2-5H,1H3,(H,11,13)(H,12,14). The lowest BCUT2D eigenvalue weighted by Gasteiger charge is -2.03. The minimum Gasteiger partial charge on any atom is -0.351 e. The van der Waals surface area contributed by atoms with Crippen molar-refractivity contribution in [3.8, 4) is 0 Å². The summed E-state index contributed by atoms with van der Waals surface area (Å²) in [5, 5.41) is 5.11. The second-order valence-electron chi connectivity index (χ2n) is 2.54. The Bertz CT molecular complexity index is 366. The summed E-state index contributed by atoms with van der Waals surface area (Å²) in [6, 6.07) is 6.56. The lowest BCUT2D eigenvalue weighted by atomic mass is 10.3. The normalized spacial score (nSPS) is 9.29. The average Bonchev–Trinajstić information content (AvgIpc) is 2.16. The molecule has 0 spiro atoms. The molecule has 1 aromatic rings. The van der Waals surface area contributed by atoms with Gasteiger partial charge in [-0.15, -0.1) is 0 Å². The average molecular weight is 213 g/mol. The molecule has 4 nitrogen and oxygen atoms in total. The highest BCUT2D eigenvalue weighted by Gasteiger charge is 2.10. The predicted molar refractivity (Wildman–Crippen MR) is 54.1 cm³/mol. The zero-order valence-corrected chi connectivity index (χ0v) is 8.26. The molecule has 2 amide bonds. The molecular formula is C9H9ClN2O2. The SMILES string of the molecule is CNC(=O)C(=O)Nc1cccc(Cl)c1. The van der Waals surface area contributed by atoms with Crippen LogP contribution in [0.25, 0.3) is 0 Å². The van der Waals surface area contributed by atoms with Crippen LogP contribution in [0.3, 0.4) is 0 Å². The number of hydrogen-bond acceptors (Lipinski definition) is 2. The molecule has 1 aromatic carbocycles. The predicted octanol–water partition coefficient (Wildman–Crippen LogP) is 1.02. The van der Waals surface area contributed by atoms with Gasteiger partial charge in [-0.25, -0.2) is 0 Å². The minimum atomic E-state index is -0.713. The van der Waals surface area contributed by atoms with Crippen molar-refractivity contribution in [2.24, 2.45) is 0 Å². The number of carbonyl (C=O) groups is 2. The van der Waals surface area contributed by atoms with Gasteiger partial charge in [-0.2, -0.15) is 0 Å². The number of likely N-dealkylation sites (N-methyl/N-ethyl adjacent to an activating group) is 1. The van der Waals surface area contributed by atoms with E-state index in [1.165, 1.54) is 7.05 Å². The molecule has 74 valence electrons. The van der Waals surface area contributed by atoms with Gasteiger partial charge in [-0.3, -0.25) is 9.59 Å². The molecule has 2 N–H and O–H groups in total. The fourth-order valence-corrected chi connectivity index (χ4v) is 1.06. The van der Waals surface area contributed by atoms with Gasteiger partial charge in [-0.1, -0.05) is 17.7 Å². The number of amides is 2. The van der Waals surface area contributed by atoms with Crippen LogP contribution in [-0.2, 0) is 9.59 Å². The number of hydrogen-bond donors (Lipinski definition) is 2. The van der Waals surface area contributed by atoms with E-state index in [0.717, 1.165) is 0 Å². The van der Waals surface area contributed by atoms with Crippen LogP contribution in [0.2, 0.25) is 5.02 Å². The maximum atomic E-state index is 11.1. The molecule has 0 aliphatic carbocycles. The first-order valence-corrected chi connectivity index (χ1v) is 4.30. The van der Waals surface area contributed by atoms with Crippen molar-refractivity contribution in [2.75, 3.05) is 12.4 Å². The van der Waals surface area contributed by atoms with Crippen LogP contribution in [0.5, 0.6) is 0 Å². The van der Waals surface area contributed by atoms with Crippen molar-refractivity contribution >= 4 is 29.1 Å². The fraction of sp³-hybridized carbons (Fsp3) is 0.111. The Morgan fingerprint density at radius 3 is 2.57 bits per heavy atom. The Morgan fingerprint density at radius 2 is 2.00 bits per heavy atom. The number of carbonyl (C=O) groups excluding carboxylic acids is 2. The third kappa shape index (κ3) is 2.74. The smallest absolute Gasteiger partial charge is 0.313 e. The Balaban J connectivity index is 2.70. The summed E-state index contributed by atoms with van der Waals surface area (Å²) in [6.45, 7) is 0. The Morgan fingerprint density at radius 1 is 1.29 bits per heavy atom. The number of benzene rings is 1. The molecule has 0 fully saturated rings. The van der Waals surface area contributed by atoms with Crippen LogP contribution in [0, 0.1) is 0 Å². The van der Waals surface area contributed by atoms with E-state index >= 15 is 0 Å². The van der Waals surface area contributed by atoms with Crippen LogP contribution in [0.1, 0.15) is 0 Å². The highest BCUT2D eigenvalue weighted by atomic mass is 35.5. The van der Waals surface area contributed by atoms with E-state index < -0.39 is 11.8 Å². The molecule has 0 unspecified atom stereocenters. The topological polar surface area (TPSA) is 58.2 Å². The summed E-state index contributed by atoms with van der Waals surface area (Å²) in [5.41, 5.74) is 0.492. The summed E-state index contributed by atoms with van der Waals surface area (Å²) in [6.07, 6.45) is 0. The van der Waals surface area contributed by atoms with Gasteiger partial charge in [0.15, 0.2) is 0 Å². The zero-order chi connectivity index (χ0) is 10.6. The van der Waals surface area contributed by atoms with Crippen molar-refractivity contribution < 1.29 is 9.59 Å². The molecule has 1 rings (SSSR count). The third-order valence-corrected chi connectivity index (χ3v) is 1.75. The van der Waals surface area contributed by atoms with E-state index in [0.29, 0.717) is 10.7 Å². The summed E-state index contributed by atoms with van der Waals surface area (Å²) < 4.78 is 0. The lowest BCUT2D eigenvalue weighted by molar-refractivity contribution is -0.135. The molecule has 0 saturated carbocycles. The van der Waals surface area contributed by atoms with Crippen LogP contribution >= 0.6 is 11.6 Å². The molecule has 0 aliphatic rings. The van der Waals surface area contributed by atoms with Gasteiger partial charge in [0.25, 0.3) is 0 Å². The molecule has 0 bridgehead atoms. The molecular weight excluding hydrogens is 204 g/mol.